The number of likely N-dealkylation sites (N-methyl/N-ethyl adjacent to an activating group) is 1. The second-order valence-corrected chi connectivity index (χ2v) is 5.59. The van der Waals surface area contributed by atoms with Gasteiger partial charge >= 0.3 is 0 Å². The fourth-order valence-electron chi connectivity index (χ4n) is 2.50. The minimum Gasteiger partial charge on any atom is -0.329 e. The molecule has 0 aliphatic heterocycles. The van der Waals surface area contributed by atoms with Crippen molar-refractivity contribution in [1.29, 1.82) is 0 Å². The van der Waals surface area contributed by atoms with Crippen molar-refractivity contribution in [1.82, 2.24) is 4.98 Å². The number of fused-ring (bicyclic) bond motifs is 1. The van der Waals surface area contributed by atoms with E-state index in [0.29, 0.717) is 6.41 Å². The standard InChI is InChI=1S/C17H16ClN3O/c1-21(16-5-3-2-4-14(16)18)17-9-6-12-10-13(19-11-22)7-8-15(12)20-17/h3,5-11H,2,4H2,1H3,(H,19,22). The summed E-state index contributed by atoms with van der Waals surface area (Å²) in [6, 6.07) is 9.57. The lowest BCUT2D eigenvalue weighted by atomic mass is 10.1. The summed E-state index contributed by atoms with van der Waals surface area (Å²) in [5.41, 5.74) is 2.61. The van der Waals surface area contributed by atoms with Gasteiger partial charge in [0.05, 0.1) is 11.2 Å². The first kappa shape index (κ1) is 14.6. The van der Waals surface area contributed by atoms with Crippen LogP contribution in [0.25, 0.3) is 10.9 Å². The van der Waals surface area contributed by atoms with Gasteiger partial charge in [0, 0.05) is 23.2 Å². The number of carbonyl (C=O) groups is 1. The second-order valence-electron chi connectivity index (χ2n) is 5.13. The van der Waals surface area contributed by atoms with E-state index in [4.69, 9.17) is 11.6 Å². The molecule has 1 aromatic carbocycles. The minimum atomic E-state index is 0.667. The predicted molar refractivity (Wildman–Crippen MR) is 91.1 cm³/mol. The zero-order valence-electron chi connectivity index (χ0n) is 12.2. The van der Waals surface area contributed by atoms with Crippen molar-refractivity contribution < 1.29 is 4.79 Å². The zero-order valence-corrected chi connectivity index (χ0v) is 13.0. The van der Waals surface area contributed by atoms with Gasteiger partial charge in [-0.2, -0.15) is 0 Å². The summed E-state index contributed by atoms with van der Waals surface area (Å²) >= 11 is 6.32. The Bertz CT molecular complexity index is 783. The Hall–Kier alpha value is -2.33. The fraction of sp³-hybridized carbons (Fsp3) is 0.176. The van der Waals surface area contributed by atoms with Gasteiger partial charge < -0.3 is 10.2 Å². The Morgan fingerprint density at radius 2 is 2.18 bits per heavy atom. The molecule has 0 saturated carbocycles. The van der Waals surface area contributed by atoms with Gasteiger partial charge in [-0.05, 0) is 49.2 Å². The maximum atomic E-state index is 10.5. The molecule has 0 radical (unpaired) electrons. The molecule has 3 rings (SSSR count). The summed E-state index contributed by atoms with van der Waals surface area (Å²) in [6.07, 6.45) is 6.67. The lowest BCUT2D eigenvalue weighted by molar-refractivity contribution is -0.105. The van der Waals surface area contributed by atoms with Crippen LogP contribution in [0.2, 0.25) is 0 Å². The van der Waals surface area contributed by atoms with Crippen LogP contribution in [0.15, 0.2) is 53.2 Å². The first-order valence-electron chi connectivity index (χ1n) is 7.09. The lowest BCUT2D eigenvalue weighted by Crippen LogP contribution is -2.18. The Balaban J connectivity index is 1.96. The number of rotatable bonds is 4. The molecular formula is C17H16ClN3O. The van der Waals surface area contributed by atoms with E-state index in [2.05, 4.69) is 16.4 Å². The molecular weight excluding hydrogens is 298 g/mol. The van der Waals surface area contributed by atoms with Gasteiger partial charge in [0.15, 0.2) is 0 Å². The third-order valence-corrected chi connectivity index (χ3v) is 4.07. The van der Waals surface area contributed by atoms with E-state index in [1.54, 1.807) is 0 Å². The van der Waals surface area contributed by atoms with Crippen molar-refractivity contribution in [2.45, 2.75) is 12.8 Å². The highest BCUT2D eigenvalue weighted by Crippen LogP contribution is 2.28. The Labute approximate surface area is 134 Å². The van der Waals surface area contributed by atoms with E-state index in [-0.39, 0.29) is 0 Å². The third kappa shape index (κ3) is 2.83. The van der Waals surface area contributed by atoms with Gasteiger partial charge in [0.25, 0.3) is 0 Å². The highest BCUT2D eigenvalue weighted by Gasteiger charge is 2.13. The van der Waals surface area contributed by atoms with Gasteiger partial charge in [-0.15, -0.1) is 0 Å². The number of aromatic nitrogens is 1. The number of nitrogens with zero attached hydrogens (tertiary/aromatic N) is 2. The monoisotopic (exact) mass is 313 g/mol. The highest BCUT2D eigenvalue weighted by atomic mass is 35.5. The number of halogens is 1. The maximum absolute atomic E-state index is 10.5. The van der Waals surface area contributed by atoms with Gasteiger partial charge in [-0.3, -0.25) is 4.79 Å². The Kier molecular flexibility index (Phi) is 4.11. The molecule has 0 spiro atoms. The SMILES string of the molecule is CN(C1=C(Cl)CCC=C1)c1ccc2cc(NC=O)ccc2n1. The summed E-state index contributed by atoms with van der Waals surface area (Å²) < 4.78 is 0. The summed E-state index contributed by atoms with van der Waals surface area (Å²) in [4.78, 5) is 17.2. The van der Waals surface area contributed by atoms with Gasteiger partial charge in [0.2, 0.25) is 6.41 Å². The number of carbonyl (C=O) groups excluding carboxylic acids is 1. The maximum Gasteiger partial charge on any atom is 0.211 e. The van der Waals surface area contributed by atoms with Gasteiger partial charge in [0.1, 0.15) is 5.82 Å². The number of allylic oxidation sites excluding steroid dienone is 3. The summed E-state index contributed by atoms with van der Waals surface area (Å²) in [7, 11) is 1.96. The van der Waals surface area contributed by atoms with Crippen molar-refractivity contribution in [3.05, 3.63) is 53.2 Å². The van der Waals surface area contributed by atoms with Gasteiger partial charge in [-0.1, -0.05) is 17.7 Å². The molecule has 0 saturated heterocycles. The number of benzene rings is 1. The number of pyridine rings is 1. The molecule has 112 valence electrons. The molecule has 0 fully saturated rings. The molecule has 1 aliphatic carbocycles. The van der Waals surface area contributed by atoms with E-state index in [1.165, 1.54) is 0 Å². The van der Waals surface area contributed by atoms with Crippen LogP contribution in [-0.4, -0.2) is 18.4 Å². The molecule has 0 unspecified atom stereocenters. The van der Waals surface area contributed by atoms with Crippen LogP contribution in [0.1, 0.15) is 12.8 Å². The van der Waals surface area contributed by atoms with Crippen LogP contribution in [-0.2, 0) is 4.79 Å². The summed E-state index contributed by atoms with van der Waals surface area (Å²) in [6.45, 7) is 0. The number of nitrogens with one attached hydrogen (secondary N) is 1. The summed E-state index contributed by atoms with van der Waals surface area (Å²) in [5, 5.41) is 4.48. The average Bonchev–Trinajstić information content (AvgIpc) is 2.54. The average molecular weight is 314 g/mol. The first-order valence-corrected chi connectivity index (χ1v) is 7.47. The molecule has 2 aromatic rings. The quantitative estimate of drug-likeness (QED) is 0.866. The van der Waals surface area contributed by atoms with Crippen LogP contribution in [0, 0.1) is 0 Å². The third-order valence-electron chi connectivity index (χ3n) is 3.69. The first-order chi connectivity index (χ1) is 10.7. The molecule has 1 aromatic heterocycles. The van der Waals surface area contributed by atoms with Crippen molar-refractivity contribution in [2.75, 3.05) is 17.3 Å². The molecule has 4 nitrogen and oxygen atoms in total. The number of anilines is 2. The highest BCUT2D eigenvalue weighted by molar-refractivity contribution is 6.30. The van der Waals surface area contributed by atoms with E-state index >= 15 is 0 Å². The molecule has 1 aliphatic rings. The molecule has 1 amide bonds. The smallest absolute Gasteiger partial charge is 0.211 e. The number of hydrogen-bond acceptors (Lipinski definition) is 3. The zero-order chi connectivity index (χ0) is 15.5. The topological polar surface area (TPSA) is 45.2 Å². The lowest BCUT2D eigenvalue weighted by Gasteiger charge is -2.23. The molecule has 1 N–H and O–H groups in total. The van der Waals surface area contributed by atoms with Crippen LogP contribution >= 0.6 is 11.6 Å². The van der Waals surface area contributed by atoms with Crippen molar-refractivity contribution in [2.24, 2.45) is 0 Å². The Morgan fingerprint density at radius 3 is 2.95 bits per heavy atom. The van der Waals surface area contributed by atoms with Crippen molar-refractivity contribution in [3.8, 4) is 0 Å². The van der Waals surface area contributed by atoms with Gasteiger partial charge in [-0.25, -0.2) is 4.98 Å². The molecule has 1 heterocycles. The minimum absolute atomic E-state index is 0.667. The number of hydrogen-bond donors (Lipinski definition) is 1. The molecule has 22 heavy (non-hydrogen) atoms. The largest absolute Gasteiger partial charge is 0.329 e. The number of amides is 1. The van der Waals surface area contributed by atoms with Crippen LogP contribution in [0.5, 0.6) is 0 Å². The molecule has 0 atom stereocenters. The molecule has 0 bridgehead atoms. The summed E-state index contributed by atoms with van der Waals surface area (Å²) in [5.74, 6) is 0.836. The van der Waals surface area contributed by atoms with E-state index in [0.717, 1.165) is 46.0 Å². The molecule has 5 heteroatoms. The van der Waals surface area contributed by atoms with Crippen LogP contribution in [0.4, 0.5) is 11.5 Å². The van der Waals surface area contributed by atoms with E-state index < -0.39 is 0 Å². The van der Waals surface area contributed by atoms with Crippen LogP contribution in [0.3, 0.4) is 0 Å². The Morgan fingerprint density at radius 1 is 1.32 bits per heavy atom. The predicted octanol–water partition coefficient (Wildman–Crippen LogP) is 4.04. The van der Waals surface area contributed by atoms with Crippen molar-refractivity contribution >= 4 is 40.4 Å². The second kappa shape index (κ2) is 6.20. The van der Waals surface area contributed by atoms with Crippen LogP contribution < -0.4 is 10.2 Å². The fourth-order valence-corrected chi connectivity index (χ4v) is 2.80. The normalized spacial score (nSPS) is 14.3. The van der Waals surface area contributed by atoms with Crippen molar-refractivity contribution in [3.63, 3.8) is 0 Å². The van der Waals surface area contributed by atoms with E-state index in [1.807, 2.05) is 48.4 Å². The van der Waals surface area contributed by atoms with E-state index in [9.17, 15) is 4.79 Å².